The van der Waals surface area contributed by atoms with E-state index >= 15 is 0 Å². The molecule has 0 N–H and O–H groups in total. The molecule has 0 spiro atoms. The lowest BCUT2D eigenvalue weighted by Gasteiger charge is -2.24. The Kier molecular flexibility index (Phi) is 4.78. The predicted octanol–water partition coefficient (Wildman–Crippen LogP) is 1.93. The van der Waals surface area contributed by atoms with Crippen LogP contribution in [0.15, 0.2) is 24.3 Å². The van der Waals surface area contributed by atoms with E-state index in [9.17, 15) is 13.2 Å². The van der Waals surface area contributed by atoms with Gasteiger partial charge in [-0.3, -0.25) is 4.79 Å². The third kappa shape index (κ3) is 4.11. The first-order valence-corrected chi connectivity index (χ1v) is 9.07. The highest BCUT2D eigenvalue weighted by Gasteiger charge is 2.39. The van der Waals surface area contributed by atoms with E-state index in [4.69, 9.17) is 15.4 Å². The van der Waals surface area contributed by atoms with Crippen molar-refractivity contribution < 1.29 is 17.9 Å². The van der Waals surface area contributed by atoms with Crippen molar-refractivity contribution in [1.82, 2.24) is 4.90 Å². The van der Waals surface area contributed by atoms with Crippen molar-refractivity contribution >= 4 is 25.6 Å². The summed E-state index contributed by atoms with van der Waals surface area (Å²) in [7, 11) is 1.62. The number of rotatable bonds is 5. The first kappa shape index (κ1) is 16.1. The Hall–Kier alpha value is -1.27. The number of halogens is 1. The third-order valence-electron chi connectivity index (χ3n) is 3.57. The molecule has 1 heterocycles. The summed E-state index contributed by atoms with van der Waals surface area (Å²) in [4.78, 5) is 13.4. The van der Waals surface area contributed by atoms with E-state index in [2.05, 4.69) is 0 Å². The van der Waals surface area contributed by atoms with Gasteiger partial charge in [0.05, 0.1) is 6.04 Å². The summed E-state index contributed by atoms with van der Waals surface area (Å²) >= 11 is 0. The number of likely N-dealkylation sites (tertiary alicyclic amines) is 1. The van der Waals surface area contributed by atoms with Gasteiger partial charge < -0.3 is 9.64 Å². The summed E-state index contributed by atoms with van der Waals surface area (Å²) in [5.74, 6) is 0.518. The SMILES string of the molecule is Cc1ccc(OCC(C)N2CC(S(=O)(=O)Cl)CC2=O)cc1. The summed E-state index contributed by atoms with van der Waals surface area (Å²) < 4.78 is 28.3. The van der Waals surface area contributed by atoms with Crippen molar-refractivity contribution in [2.24, 2.45) is 0 Å². The van der Waals surface area contributed by atoms with Gasteiger partial charge >= 0.3 is 0 Å². The number of aryl methyl sites for hydroxylation is 1. The molecule has 1 fully saturated rings. The minimum Gasteiger partial charge on any atom is -0.491 e. The van der Waals surface area contributed by atoms with Gasteiger partial charge in [-0.2, -0.15) is 0 Å². The Bertz CT molecular complexity index is 614. The summed E-state index contributed by atoms with van der Waals surface area (Å²) in [6, 6.07) is 7.40. The van der Waals surface area contributed by atoms with E-state index in [1.807, 2.05) is 38.1 Å². The van der Waals surface area contributed by atoms with Crippen LogP contribution in [0.1, 0.15) is 18.9 Å². The second-order valence-corrected chi connectivity index (χ2v) is 8.23. The van der Waals surface area contributed by atoms with E-state index in [0.29, 0.717) is 6.61 Å². The molecule has 2 atom stereocenters. The van der Waals surface area contributed by atoms with E-state index in [1.165, 1.54) is 4.90 Å². The molecule has 1 aromatic carbocycles. The fourth-order valence-corrected chi connectivity index (χ4v) is 3.29. The lowest BCUT2D eigenvalue weighted by Crippen LogP contribution is -2.39. The van der Waals surface area contributed by atoms with Crippen LogP contribution in [0.25, 0.3) is 0 Å². The molecular formula is C14H18ClNO4S. The summed E-state index contributed by atoms with van der Waals surface area (Å²) in [6.07, 6.45) is -0.0549. The number of ether oxygens (including phenoxy) is 1. The molecule has 1 aliphatic heterocycles. The molecule has 1 amide bonds. The molecule has 1 aromatic rings. The highest BCUT2D eigenvalue weighted by molar-refractivity contribution is 8.14. The Morgan fingerprint density at radius 3 is 2.52 bits per heavy atom. The maximum Gasteiger partial charge on any atom is 0.237 e. The van der Waals surface area contributed by atoms with Crippen LogP contribution < -0.4 is 4.74 Å². The van der Waals surface area contributed by atoms with Gasteiger partial charge in [0, 0.05) is 23.6 Å². The fraction of sp³-hybridized carbons (Fsp3) is 0.500. The van der Waals surface area contributed by atoms with Crippen molar-refractivity contribution in [2.75, 3.05) is 13.2 Å². The van der Waals surface area contributed by atoms with Crippen LogP contribution in [-0.2, 0) is 13.8 Å². The van der Waals surface area contributed by atoms with Crippen LogP contribution in [-0.4, -0.2) is 43.7 Å². The molecule has 1 aliphatic rings. The van der Waals surface area contributed by atoms with Gasteiger partial charge in [0.15, 0.2) is 0 Å². The number of hydrogen-bond donors (Lipinski definition) is 0. The highest BCUT2D eigenvalue weighted by atomic mass is 35.7. The molecule has 2 rings (SSSR count). The number of amides is 1. The van der Waals surface area contributed by atoms with Crippen LogP contribution in [0, 0.1) is 6.92 Å². The maximum absolute atomic E-state index is 11.9. The maximum atomic E-state index is 11.9. The van der Waals surface area contributed by atoms with Crippen molar-refractivity contribution in [3.05, 3.63) is 29.8 Å². The lowest BCUT2D eigenvalue weighted by atomic mass is 10.2. The molecule has 21 heavy (non-hydrogen) atoms. The van der Waals surface area contributed by atoms with Crippen LogP contribution >= 0.6 is 10.7 Å². The summed E-state index contributed by atoms with van der Waals surface area (Å²) in [5, 5.41) is -0.825. The molecule has 0 bridgehead atoms. The third-order valence-corrected chi connectivity index (χ3v) is 5.43. The minimum absolute atomic E-state index is 0.0549. The van der Waals surface area contributed by atoms with Gasteiger partial charge in [-0.05, 0) is 26.0 Å². The zero-order chi connectivity index (χ0) is 15.6. The molecule has 0 aliphatic carbocycles. The van der Waals surface area contributed by atoms with Crippen molar-refractivity contribution in [3.8, 4) is 5.75 Å². The second-order valence-electron chi connectivity index (χ2n) is 5.32. The largest absolute Gasteiger partial charge is 0.491 e. The van der Waals surface area contributed by atoms with E-state index in [1.54, 1.807) is 0 Å². The van der Waals surface area contributed by atoms with Crippen LogP contribution in [0.3, 0.4) is 0 Å². The average molecular weight is 332 g/mol. The average Bonchev–Trinajstić information content (AvgIpc) is 2.80. The Morgan fingerprint density at radius 2 is 2.00 bits per heavy atom. The van der Waals surface area contributed by atoms with E-state index < -0.39 is 14.3 Å². The molecule has 0 aromatic heterocycles. The molecule has 5 nitrogen and oxygen atoms in total. The van der Waals surface area contributed by atoms with Gasteiger partial charge in [-0.25, -0.2) is 8.42 Å². The van der Waals surface area contributed by atoms with E-state index in [0.717, 1.165) is 11.3 Å². The number of carbonyl (C=O) groups excluding carboxylic acids is 1. The monoisotopic (exact) mass is 331 g/mol. The summed E-state index contributed by atoms with van der Waals surface area (Å²) in [6.45, 7) is 4.25. The number of benzene rings is 1. The van der Waals surface area contributed by atoms with Gasteiger partial charge in [0.1, 0.15) is 17.6 Å². The predicted molar refractivity (Wildman–Crippen MR) is 81.0 cm³/mol. The molecule has 116 valence electrons. The topological polar surface area (TPSA) is 63.7 Å². The Balaban J connectivity index is 1.93. The lowest BCUT2D eigenvalue weighted by molar-refractivity contribution is -0.129. The van der Waals surface area contributed by atoms with Gasteiger partial charge in [-0.15, -0.1) is 0 Å². The van der Waals surface area contributed by atoms with Gasteiger partial charge in [0.25, 0.3) is 0 Å². The molecular weight excluding hydrogens is 314 g/mol. The van der Waals surface area contributed by atoms with Crippen LogP contribution in [0.5, 0.6) is 5.75 Å². The van der Waals surface area contributed by atoms with Crippen molar-refractivity contribution in [3.63, 3.8) is 0 Å². The van der Waals surface area contributed by atoms with Crippen molar-refractivity contribution in [2.45, 2.75) is 31.6 Å². The van der Waals surface area contributed by atoms with Crippen LogP contribution in [0.2, 0.25) is 0 Å². The molecule has 1 saturated heterocycles. The van der Waals surface area contributed by atoms with E-state index in [-0.39, 0.29) is 24.9 Å². The number of carbonyl (C=O) groups is 1. The first-order valence-electron chi connectivity index (χ1n) is 6.70. The second kappa shape index (κ2) is 6.23. The van der Waals surface area contributed by atoms with Crippen LogP contribution in [0.4, 0.5) is 0 Å². The smallest absolute Gasteiger partial charge is 0.237 e. The zero-order valence-corrected chi connectivity index (χ0v) is 13.5. The summed E-state index contributed by atoms with van der Waals surface area (Å²) in [5.41, 5.74) is 1.14. The number of hydrogen-bond acceptors (Lipinski definition) is 4. The molecule has 0 radical (unpaired) electrons. The van der Waals surface area contributed by atoms with Crippen molar-refractivity contribution in [1.29, 1.82) is 0 Å². The minimum atomic E-state index is -3.70. The fourth-order valence-electron chi connectivity index (χ4n) is 2.25. The highest BCUT2D eigenvalue weighted by Crippen LogP contribution is 2.23. The number of nitrogens with zero attached hydrogens (tertiary/aromatic N) is 1. The quantitative estimate of drug-likeness (QED) is 0.773. The standard InChI is InChI=1S/C14H18ClNO4S/c1-10-3-5-12(6-4-10)20-9-11(2)16-8-13(7-14(16)17)21(15,18)19/h3-6,11,13H,7-9H2,1-2H3. The zero-order valence-electron chi connectivity index (χ0n) is 12.0. The Labute approximate surface area is 129 Å². The Morgan fingerprint density at radius 1 is 1.38 bits per heavy atom. The van der Waals surface area contributed by atoms with Gasteiger partial charge in [0.2, 0.25) is 15.0 Å². The molecule has 7 heteroatoms. The normalized spacial score (nSPS) is 20.6. The molecule has 0 saturated carbocycles. The van der Waals surface area contributed by atoms with Gasteiger partial charge in [-0.1, -0.05) is 17.7 Å². The molecule has 2 unspecified atom stereocenters. The first-order chi connectivity index (χ1) is 9.77.